The molecule has 0 aliphatic carbocycles. The van der Waals surface area contributed by atoms with Gasteiger partial charge in [0, 0.05) is 19.6 Å². The van der Waals surface area contributed by atoms with Crippen LogP contribution in [0.5, 0.6) is 0 Å². The van der Waals surface area contributed by atoms with Crippen LogP contribution in [0.4, 0.5) is 5.69 Å². The van der Waals surface area contributed by atoms with Crippen molar-refractivity contribution in [1.82, 2.24) is 0 Å². The average molecular weight is 288 g/mol. The molecular weight excluding hydrogens is 273 g/mol. The highest BCUT2D eigenvalue weighted by molar-refractivity contribution is 6.43. The summed E-state index contributed by atoms with van der Waals surface area (Å²) >= 11 is 11.9. The molecule has 18 heavy (non-hydrogen) atoms. The summed E-state index contributed by atoms with van der Waals surface area (Å²) in [5.74, 6) is 0.378. The summed E-state index contributed by atoms with van der Waals surface area (Å²) in [4.78, 5) is 11.9. The summed E-state index contributed by atoms with van der Waals surface area (Å²) in [6.07, 6.45) is 2.39. The molecule has 0 atom stereocenters. The Morgan fingerprint density at radius 3 is 2.78 bits per heavy atom. The lowest BCUT2D eigenvalue weighted by Crippen LogP contribution is -2.22. The van der Waals surface area contributed by atoms with Crippen LogP contribution in [0.25, 0.3) is 0 Å². The molecule has 1 saturated heterocycles. The molecule has 1 N–H and O–H groups in total. The molecule has 1 aromatic rings. The molecule has 5 heteroatoms. The fraction of sp³-hybridized carbons (Fsp3) is 0.462. The number of carbonyl (C=O) groups excluding carboxylic acids is 1. The highest BCUT2D eigenvalue weighted by Crippen LogP contribution is 2.30. The number of hydrogen-bond donors (Lipinski definition) is 1. The van der Waals surface area contributed by atoms with Crippen LogP contribution in [0.15, 0.2) is 18.2 Å². The van der Waals surface area contributed by atoms with Gasteiger partial charge in [0.1, 0.15) is 0 Å². The number of carbonyl (C=O) groups is 1. The van der Waals surface area contributed by atoms with Gasteiger partial charge < -0.3 is 10.1 Å². The Bertz CT molecular complexity index is 431. The van der Waals surface area contributed by atoms with Crippen molar-refractivity contribution in [3.63, 3.8) is 0 Å². The van der Waals surface area contributed by atoms with Crippen molar-refractivity contribution < 1.29 is 9.53 Å². The first-order valence-electron chi connectivity index (χ1n) is 5.98. The monoisotopic (exact) mass is 287 g/mol. The van der Waals surface area contributed by atoms with Crippen LogP contribution >= 0.6 is 23.2 Å². The maximum atomic E-state index is 11.9. The number of hydrogen-bond acceptors (Lipinski definition) is 2. The molecule has 0 radical (unpaired) electrons. The largest absolute Gasteiger partial charge is 0.381 e. The molecule has 0 unspecified atom stereocenters. The molecule has 1 aromatic carbocycles. The van der Waals surface area contributed by atoms with E-state index in [9.17, 15) is 4.79 Å². The zero-order chi connectivity index (χ0) is 13.0. The molecule has 1 aliphatic rings. The number of nitrogens with one attached hydrogen (secondary N) is 1. The highest BCUT2D eigenvalue weighted by Gasteiger charge is 2.18. The SMILES string of the molecule is O=C(CC1CCOCC1)Nc1cccc(Cl)c1Cl. The minimum atomic E-state index is -0.0222. The molecule has 1 heterocycles. The molecular formula is C13H15Cl2NO2. The molecule has 98 valence electrons. The molecule has 0 bridgehead atoms. The van der Waals surface area contributed by atoms with E-state index in [4.69, 9.17) is 27.9 Å². The first kappa shape index (κ1) is 13.7. The van der Waals surface area contributed by atoms with E-state index in [1.165, 1.54) is 0 Å². The third-order valence-electron chi connectivity index (χ3n) is 3.04. The zero-order valence-corrected chi connectivity index (χ0v) is 11.4. The van der Waals surface area contributed by atoms with Gasteiger partial charge in [-0.25, -0.2) is 0 Å². The third kappa shape index (κ3) is 3.61. The van der Waals surface area contributed by atoms with Crippen LogP contribution < -0.4 is 5.32 Å². The van der Waals surface area contributed by atoms with E-state index >= 15 is 0 Å². The van der Waals surface area contributed by atoms with Gasteiger partial charge in [-0.2, -0.15) is 0 Å². The van der Waals surface area contributed by atoms with Crippen molar-refractivity contribution >= 4 is 34.8 Å². The van der Waals surface area contributed by atoms with Crippen molar-refractivity contribution in [3.8, 4) is 0 Å². The Balaban J connectivity index is 1.92. The van der Waals surface area contributed by atoms with Gasteiger partial charge in [-0.05, 0) is 30.9 Å². The molecule has 3 nitrogen and oxygen atoms in total. The van der Waals surface area contributed by atoms with Gasteiger partial charge in [-0.1, -0.05) is 29.3 Å². The predicted molar refractivity (Wildman–Crippen MR) is 73.3 cm³/mol. The summed E-state index contributed by atoms with van der Waals surface area (Å²) in [7, 11) is 0. The first-order chi connectivity index (χ1) is 8.66. The number of amides is 1. The van der Waals surface area contributed by atoms with Crippen LogP contribution in [0.2, 0.25) is 10.0 Å². The summed E-state index contributed by atoms with van der Waals surface area (Å²) in [5, 5.41) is 3.64. The minimum Gasteiger partial charge on any atom is -0.381 e. The lowest BCUT2D eigenvalue weighted by atomic mass is 9.96. The zero-order valence-electron chi connectivity index (χ0n) is 9.92. The maximum Gasteiger partial charge on any atom is 0.224 e. The van der Waals surface area contributed by atoms with Crippen LogP contribution in [0, 0.1) is 5.92 Å². The quantitative estimate of drug-likeness (QED) is 0.920. The molecule has 1 amide bonds. The molecule has 1 fully saturated rings. The lowest BCUT2D eigenvalue weighted by Gasteiger charge is -2.21. The Labute approximate surface area is 116 Å². The van der Waals surface area contributed by atoms with E-state index in [0.29, 0.717) is 28.1 Å². The van der Waals surface area contributed by atoms with Crippen LogP contribution in [0.1, 0.15) is 19.3 Å². The standard InChI is InChI=1S/C13H15Cl2NO2/c14-10-2-1-3-11(13(10)15)16-12(17)8-9-4-6-18-7-5-9/h1-3,9H,4-8H2,(H,16,17). The second-order valence-corrected chi connectivity index (χ2v) is 5.19. The summed E-state index contributed by atoms with van der Waals surface area (Å²) in [6, 6.07) is 5.20. The molecule has 0 spiro atoms. The van der Waals surface area contributed by atoms with Crippen LogP contribution in [-0.4, -0.2) is 19.1 Å². The second kappa shape index (κ2) is 6.41. The normalized spacial score (nSPS) is 16.6. The summed E-state index contributed by atoms with van der Waals surface area (Å²) < 4.78 is 5.26. The van der Waals surface area contributed by atoms with E-state index < -0.39 is 0 Å². The van der Waals surface area contributed by atoms with Crippen molar-refractivity contribution in [2.45, 2.75) is 19.3 Å². The minimum absolute atomic E-state index is 0.0222. The fourth-order valence-electron chi connectivity index (χ4n) is 2.01. The van der Waals surface area contributed by atoms with Crippen molar-refractivity contribution in [2.24, 2.45) is 5.92 Å². The number of anilines is 1. The third-order valence-corrected chi connectivity index (χ3v) is 3.86. The number of halogens is 2. The Morgan fingerprint density at radius 2 is 2.06 bits per heavy atom. The Hall–Kier alpha value is -0.770. The smallest absolute Gasteiger partial charge is 0.224 e. The number of benzene rings is 1. The second-order valence-electron chi connectivity index (χ2n) is 4.41. The van der Waals surface area contributed by atoms with Crippen molar-refractivity contribution in [2.75, 3.05) is 18.5 Å². The summed E-state index contributed by atoms with van der Waals surface area (Å²) in [5.41, 5.74) is 0.571. The Kier molecular flexibility index (Phi) is 4.87. The van der Waals surface area contributed by atoms with Gasteiger partial charge in [0.25, 0.3) is 0 Å². The van der Waals surface area contributed by atoms with Gasteiger partial charge >= 0.3 is 0 Å². The highest BCUT2D eigenvalue weighted by atomic mass is 35.5. The molecule has 0 saturated carbocycles. The van der Waals surface area contributed by atoms with Crippen LogP contribution in [0.3, 0.4) is 0 Å². The molecule has 1 aliphatic heterocycles. The van der Waals surface area contributed by atoms with E-state index in [0.717, 1.165) is 26.1 Å². The van der Waals surface area contributed by atoms with E-state index in [1.54, 1.807) is 18.2 Å². The maximum absolute atomic E-state index is 11.9. The van der Waals surface area contributed by atoms with Crippen molar-refractivity contribution in [1.29, 1.82) is 0 Å². The first-order valence-corrected chi connectivity index (χ1v) is 6.74. The van der Waals surface area contributed by atoms with Gasteiger partial charge in [-0.15, -0.1) is 0 Å². The van der Waals surface area contributed by atoms with Crippen molar-refractivity contribution in [3.05, 3.63) is 28.2 Å². The fourth-order valence-corrected chi connectivity index (χ4v) is 2.36. The molecule has 0 aromatic heterocycles. The summed E-state index contributed by atoms with van der Waals surface area (Å²) in [6.45, 7) is 1.49. The number of ether oxygens (including phenoxy) is 1. The van der Waals surface area contributed by atoms with E-state index in [1.807, 2.05) is 0 Å². The topological polar surface area (TPSA) is 38.3 Å². The van der Waals surface area contributed by atoms with E-state index in [-0.39, 0.29) is 5.91 Å². The lowest BCUT2D eigenvalue weighted by molar-refractivity contribution is -0.117. The van der Waals surface area contributed by atoms with E-state index in [2.05, 4.69) is 5.32 Å². The number of rotatable bonds is 3. The van der Waals surface area contributed by atoms with Crippen LogP contribution in [-0.2, 0) is 9.53 Å². The predicted octanol–water partition coefficient (Wildman–Crippen LogP) is 3.75. The van der Waals surface area contributed by atoms with Gasteiger partial charge in [0.15, 0.2) is 0 Å². The Morgan fingerprint density at radius 1 is 1.33 bits per heavy atom. The van der Waals surface area contributed by atoms with Gasteiger partial charge in [0.05, 0.1) is 15.7 Å². The average Bonchev–Trinajstić information content (AvgIpc) is 2.36. The molecule has 2 rings (SSSR count). The van der Waals surface area contributed by atoms with Gasteiger partial charge in [-0.3, -0.25) is 4.79 Å². The van der Waals surface area contributed by atoms with Gasteiger partial charge in [0.2, 0.25) is 5.91 Å².